The van der Waals surface area contributed by atoms with Gasteiger partial charge in [0.05, 0.1) is 6.54 Å². The Morgan fingerprint density at radius 3 is 2.62 bits per heavy atom. The molecule has 29 heavy (non-hydrogen) atoms. The number of nitrogens with zero attached hydrogens (tertiary/aromatic N) is 3. The summed E-state index contributed by atoms with van der Waals surface area (Å²) in [5.74, 6) is -0.886. The van der Waals surface area contributed by atoms with E-state index >= 15 is 0 Å². The molecule has 0 saturated heterocycles. The minimum Gasteiger partial charge on any atom is -0.444 e. The first-order valence-electron chi connectivity index (χ1n) is 9.29. The van der Waals surface area contributed by atoms with Crippen molar-refractivity contribution in [3.05, 3.63) is 45.8 Å². The molecule has 0 heterocycles. The molecule has 0 aliphatic heterocycles. The Hall–Kier alpha value is -3.26. The molecule has 0 radical (unpaired) electrons. The zero-order chi connectivity index (χ0) is 21.9. The van der Waals surface area contributed by atoms with Crippen LogP contribution in [0.25, 0.3) is 10.4 Å². The quantitative estimate of drug-likeness (QED) is 0.237. The maximum atomic E-state index is 12.2. The fourth-order valence-corrected chi connectivity index (χ4v) is 2.44. The highest BCUT2D eigenvalue weighted by molar-refractivity contribution is 5.94. The summed E-state index contributed by atoms with van der Waals surface area (Å²) >= 11 is 0. The fraction of sp³-hybridized carbons (Fsp3) is 0.526. The van der Waals surface area contributed by atoms with Crippen LogP contribution in [0.2, 0.25) is 0 Å². The lowest BCUT2D eigenvalue weighted by Crippen LogP contribution is -2.46. The Morgan fingerprint density at radius 2 is 2.00 bits per heavy atom. The predicted molar refractivity (Wildman–Crippen MR) is 108 cm³/mol. The van der Waals surface area contributed by atoms with Crippen LogP contribution in [-0.2, 0) is 16.1 Å². The summed E-state index contributed by atoms with van der Waals surface area (Å²) in [7, 11) is 0. The number of benzene rings is 1. The van der Waals surface area contributed by atoms with E-state index in [4.69, 9.17) is 16.0 Å². The number of ether oxygens (including phenoxy) is 1. The van der Waals surface area contributed by atoms with Crippen molar-refractivity contribution < 1.29 is 19.1 Å². The van der Waals surface area contributed by atoms with Crippen LogP contribution in [0.15, 0.2) is 29.4 Å². The van der Waals surface area contributed by atoms with Gasteiger partial charge in [0.2, 0.25) is 5.91 Å². The molecule has 1 atom stereocenters. The van der Waals surface area contributed by atoms with Gasteiger partial charge in [-0.05, 0) is 63.3 Å². The average Bonchev–Trinajstić information content (AvgIpc) is 2.63. The molecule has 0 aliphatic rings. The van der Waals surface area contributed by atoms with Gasteiger partial charge in [0.25, 0.3) is 5.91 Å². The maximum absolute atomic E-state index is 12.2. The first-order chi connectivity index (χ1) is 13.6. The molecule has 0 spiro atoms. The number of unbranched alkanes of at least 4 members (excludes halogenated alkanes) is 1. The Kier molecular flexibility index (Phi) is 9.47. The Balaban J connectivity index is 2.40. The van der Waals surface area contributed by atoms with Crippen molar-refractivity contribution in [2.45, 2.75) is 58.2 Å². The van der Waals surface area contributed by atoms with Gasteiger partial charge in [-0.15, -0.1) is 0 Å². The second kappa shape index (κ2) is 11.6. The van der Waals surface area contributed by atoms with E-state index in [9.17, 15) is 14.4 Å². The van der Waals surface area contributed by atoms with Gasteiger partial charge < -0.3 is 21.1 Å². The second-order valence-corrected chi connectivity index (χ2v) is 7.44. The molecule has 1 aromatic carbocycles. The molecule has 0 unspecified atom stereocenters. The van der Waals surface area contributed by atoms with Crippen LogP contribution in [-0.4, -0.2) is 36.1 Å². The molecule has 1 rings (SSSR count). The number of azide groups is 1. The fourth-order valence-electron chi connectivity index (χ4n) is 2.44. The van der Waals surface area contributed by atoms with Gasteiger partial charge in [0, 0.05) is 17.0 Å². The number of hydrogen-bond acceptors (Lipinski definition) is 5. The molecule has 0 bridgehead atoms. The molecule has 0 aliphatic carbocycles. The first-order valence-corrected chi connectivity index (χ1v) is 9.29. The minimum atomic E-state index is -0.835. The van der Waals surface area contributed by atoms with E-state index in [0.29, 0.717) is 31.4 Å². The van der Waals surface area contributed by atoms with Crippen molar-refractivity contribution in [1.29, 1.82) is 0 Å². The zero-order valence-corrected chi connectivity index (χ0v) is 17.0. The largest absolute Gasteiger partial charge is 0.444 e. The smallest absolute Gasteiger partial charge is 0.408 e. The topological polar surface area (TPSA) is 159 Å². The number of primary amides is 1. The number of alkyl carbamates (subject to hydrolysis) is 1. The van der Waals surface area contributed by atoms with E-state index in [1.54, 1.807) is 45.0 Å². The van der Waals surface area contributed by atoms with Crippen molar-refractivity contribution in [2.75, 3.05) is 6.54 Å². The lowest BCUT2D eigenvalue weighted by Gasteiger charge is -2.22. The molecule has 158 valence electrons. The molecule has 10 nitrogen and oxygen atoms in total. The van der Waals surface area contributed by atoms with Crippen molar-refractivity contribution in [2.24, 2.45) is 10.8 Å². The van der Waals surface area contributed by atoms with E-state index in [-0.39, 0.29) is 12.5 Å². The van der Waals surface area contributed by atoms with Crippen LogP contribution in [0, 0.1) is 0 Å². The summed E-state index contributed by atoms with van der Waals surface area (Å²) in [6.07, 6.45) is 0.812. The summed E-state index contributed by atoms with van der Waals surface area (Å²) in [4.78, 5) is 38.2. The van der Waals surface area contributed by atoms with E-state index < -0.39 is 23.6 Å². The molecule has 10 heteroatoms. The van der Waals surface area contributed by atoms with Gasteiger partial charge in [0.1, 0.15) is 11.6 Å². The van der Waals surface area contributed by atoms with Gasteiger partial charge in [0.15, 0.2) is 0 Å². The van der Waals surface area contributed by atoms with Crippen LogP contribution in [0.3, 0.4) is 0 Å². The van der Waals surface area contributed by atoms with Gasteiger partial charge in [-0.25, -0.2) is 4.79 Å². The van der Waals surface area contributed by atoms with Crippen molar-refractivity contribution in [1.82, 2.24) is 10.6 Å². The Bertz CT molecular complexity index is 768. The van der Waals surface area contributed by atoms with Crippen LogP contribution < -0.4 is 16.4 Å². The highest BCUT2D eigenvalue weighted by Crippen LogP contribution is 2.09. The average molecular weight is 404 g/mol. The molecule has 0 aromatic heterocycles. The summed E-state index contributed by atoms with van der Waals surface area (Å²) in [6.45, 7) is 5.75. The predicted octanol–water partition coefficient (Wildman–Crippen LogP) is 2.78. The normalized spacial score (nSPS) is 11.7. The third-order valence-corrected chi connectivity index (χ3v) is 3.75. The summed E-state index contributed by atoms with van der Waals surface area (Å²) in [5.41, 5.74) is 14.2. The lowest BCUT2D eigenvalue weighted by atomic mass is 10.1. The monoisotopic (exact) mass is 404 g/mol. The Morgan fingerprint density at radius 1 is 1.28 bits per heavy atom. The van der Waals surface area contributed by atoms with Gasteiger partial charge in [-0.2, -0.15) is 0 Å². The number of nitrogens with one attached hydrogen (secondary N) is 2. The van der Waals surface area contributed by atoms with E-state index in [1.807, 2.05) is 0 Å². The van der Waals surface area contributed by atoms with Gasteiger partial charge in [-0.3, -0.25) is 9.59 Å². The standard InChI is InChI=1S/C19H28N6O4/c1-19(2,3)29-18(28)24-15(16(20)26)9-4-5-10-22-17(27)14-8-6-7-13(11-14)12-23-25-21/h6-8,11,15H,4-5,9-10,12H2,1-3H3,(H2,20,26)(H,22,27)(H,24,28)/t15-/m0/s1. The number of amides is 3. The van der Waals surface area contributed by atoms with E-state index in [2.05, 4.69) is 20.7 Å². The van der Waals surface area contributed by atoms with Gasteiger partial charge in [-0.1, -0.05) is 17.2 Å². The van der Waals surface area contributed by atoms with Gasteiger partial charge >= 0.3 is 6.09 Å². The highest BCUT2D eigenvalue weighted by atomic mass is 16.6. The third-order valence-electron chi connectivity index (χ3n) is 3.75. The number of nitrogens with two attached hydrogens (primary N) is 1. The van der Waals surface area contributed by atoms with E-state index in [1.165, 1.54) is 0 Å². The number of rotatable bonds is 10. The van der Waals surface area contributed by atoms with E-state index in [0.717, 1.165) is 5.56 Å². The summed E-state index contributed by atoms with van der Waals surface area (Å²) in [6, 6.07) is 5.99. The van der Waals surface area contributed by atoms with Crippen molar-refractivity contribution >= 4 is 17.9 Å². The van der Waals surface area contributed by atoms with Crippen LogP contribution in [0.1, 0.15) is 56.0 Å². The van der Waals surface area contributed by atoms with Crippen LogP contribution in [0.4, 0.5) is 4.79 Å². The summed E-state index contributed by atoms with van der Waals surface area (Å²) in [5, 5.41) is 8.72. The minimum absolute atomic E-state index is 0.177. The molecule has 0 fully saturated rings. The molecule has 0 saturated carbocycles. The van der Waals surface area contributed by atoms with Crippen molar-refractivity contribution in [3.63, 3.8) is 0 Å². The van der Waals surface area contributed by atoms with Crippen LogP contribution >= 0.6 is 0 Å². The van der Waals surface area contributed by atoms with Crippen molar-refractivity contribution in [3.8, 4) is 0 Å². The Labute approximate surface area is 169 Å². The molecule has 1 aromatic rings. The molecular formula is C19H28N6O4. The molecule has 4 N–H and O–H groups in total. The van der Waals surface area contributed by atoms with Crippen LogP contribution in [0.5, 0.6) is 0 Å². The maximum Gasteiger partial charge on any atom is 0.408 e. The SMILES string of the molecule is CC(C)(C)OC(=O)N[C@@H](CCCCNC(=O)c1cccc(CN=[N+]=[N-])c1)C(N)=O. The second-order valence-electron chi connectivity index (χ2n) is 7.44. The zero-order valence-electron chi connectivity index (χ0n) is 17.0. The first kappa shape index (κ1) is 23.8. The number of carbonyl (C=O) groups excluding carboxylic acids is 3. The highest BCUT2D eigenvalue weighted by Gasteiger charge is 2.22. The molecular weight excluding hydrogens is 376 g/mol. The third kappa shape index (κ3) is 10.0. The number of hydrogen-bond donors (Lipinski definition) is 3. The summed E-state index contributed by atoms with van der Waals surface area (Å²) < 4.78 is 5.12. The number of carbonyl (C=O) groups is 3. The lowest BCUT2D eigenvalue weighted by molar-refractivity contribution is -0.120. The molecule has 3 amide bonds.